The quantitative estimate of drug-likeness (QED) is 0.753. The van der Waals surface area contributed by atoms with Crippen molar-refractivity contribution in [1.29, 1.82) is 0 Å². The van der Waals surface area contributed by atoms with Crippen molar-refractivity contribution >= 4 is 6.01 Å². The predicted molar refractivity (Wildman–Crippen MR) is 59.5 cm³/mol. The number of nitrogens with one attached hydrogen (secondary N) is 1. The first kappa shape index (κ1) is 12.0. The Morgan fingerprint density at radius 3 is 2.47 bits per heavy atom. The molecule has 0 fully saturated rings. The van der Waals surface area contributed by atoms with Crippen LogP contribution in [-0.2, 0) is 0 Å². The summed E-state index contributed by atoms with van der Waals surface area (Å²) in [5.41, 5.74) is 5.61. The van der Waals surface area contributed by atoms with Gasteiger partial charge in [0.1, 0.15) is 0 Å². The maximum atomic E-state index is 5.61. The maximum absolute atomic E-state index is 5.61. The number of nitrogens with two attached hydrogens (primary N) is 1. The van der Waals surface area contributed by atoms with E-state index in [-0.39, 0.29) is 6.04 Å². The third-order valence-electron chi connectivity index (χ3n) is 2.53. The van der Waals surface area contributed by atoms with Gasteiger partial charge in [-0.25, -0.2) is 0 Å². The summed E-state index contributed by atoms with van der Waals surface area (Å²) in [5.74, 6) is 1.12. The van der Waals surface area contributed by atoms with Gasteiger partial charge in [-0.2, -0.15) is 0 Å². The van der Waals surface area contributed by atoms with E-state index in [1.807, 2.05) is 6.92 Å². The normalized spacial score (nSPS) is 13.1. The van der Waals surface area contributed by atoms with Crippen LogP contribution in [0.5, 0.6) is 0 Å². The Morgan fingerprint density at radius 2 is 2.00 bits per heavy atom. The summed E-state index contributed by atoms with van der Waals surface area (Å²) in [6.07, 6.45) is 2.30. The highest BCUT2D eigenvalue weighted by atomic mass is 16.4. The number of anilines is 1. The lowest BCUT2D eigenvalue weighted by Gasteiger charge is -2.11. The van der Waals surface area contributed by atoms with E-state index < -0.39 is 0 Å². The predicted octanol–water partition coefficient (Wildman–Crippen LogP) is 1.94. The van der Waals surface area contributed by atoms with Crippen LogP contribution in [0.1, 0.15) is 45.5 Å². The number of hydrogen-bond donors (Lipinski definition) is 2. The monoisotopic (exact) mass is 212 g/mol. The summed E-state index contributed by atoms with van der Waals surface area (Å²) in [4.78, 5) is 0. The molecule has 0 aliphatic rings. The Balaban J connectivity index is 2.43. The Kier molecular flexibility index (Phi) is 4.55. The van der Waals surface area contributed by atoms with Crippen LogP contribution < -0.4 is 11.1 Å². The fourth-order valence-corrected chi connectivity index (χ4v) is 1.30. The molecule has 0 aliphatic carbocycles. The van der Waals surface area contributed by atoms with Crippen molar-refractivity contribution in [2.45, 2.75) is 39.7 Å². The molecule has 0 saturated heterocycles. The topological polar surface area (TPSA) is 77.0 Å². The molecule has 86 valence electrons. The second-order valence-electron chi connectivity index (χ2n) is 3.80. The highest BCUT2D eigenvalue weighted by Crippen LogP contribution is 2.13. The van der Waals surface area contributed by atoms with Gasteiger partial charge < -0.3 is 15.5 Å². The first-order valence-electron chi connectivity index (χ1n) is 5.50. The van der Waals surface area contributed by atoms with E-state index in [2.05, 4.69) is 29.4 Å². The van der Waals surface area contributed by atoms with Crippen molar-refractivity contribution in [3.05, 3.63) is 5.89 Å². The molecule has 15 heavy (non-hydrogen) atoms. The van der Waals surface area contributed by atoms with Crippen molar-refractivity contribution in [2.24, 2.45) is 11.7 Å². The average molecular weight is 212 g/mol. The first-order chi connectivity index (χ1) is 7.17. The van der Waals surface area contributed by atoms with Gasteiger partial charge in [0, 0.05) is 6.54 Å². The lowest BCUT2D eigenvalue weighted by Crippen LogP contribution is -2.12. The molecule has 0 radical (unpaired) electrons. The van der Waals surface area contributed by atoms with Crippen LogP contribution in [0.2, 0.25) is 0 Å². The van der Waals surface area contributed by atoms with Crippen molar-refractivity contribution in [1.82, 2.24) is 10.2 Å². The van der Waals surface area contributed by atoms with Gasteiger partial charge in [0.05, 0.1) is 6.04 Å². The Bertz CT molecular complexity index is 281. The summed E-state index contributed by atoms with van der Waals surface area (Å²) in [6.45, 7) is 7.04. The molecule has 1 aromatic rings. The molecule has 5 nitrogen and oxygen atoms in total. The molecule has 1 unspecified atom stereocenters. The molecule has 0 aromatic carbocycles. The second kappa shape index (κ2) is 5.70. The molecule has 0 amide bonds. The van der Waals surface area contributed by atoms with Crippen LogP contribution in [0, 0.1) is 5.92 Å². The van der Waals surface area contributed by atoms with E-state index in [0.29, 0.717) is 17.8 Å². The summed E-state index contributed by atoms with van der Waals surface area (Å²) in [7, 11) is 0. The van der Waals surface area contributed by atoms with E-state index in [9.17, 15) is 0 Å². The van der Waals surface area contributed by atoms with Crippen molar-refractivity contribution in [2.75, 3.05) is 11.9 Å². The molecule has 0 saturated carbocycles. The summed E-state index contributed by atoms with van der Waals surface area (Å²) < 4.78 is 5.33. The number of nitrogens with zero attached hydrogens (tertiary/aromatic N) is 2. The molecule has 5 heteroatoms. The third-order valence-corrected chi connectivity index (χ3v) is 2.53. The zero-order valence-corrected chi connectivity index (χ0v) is 9.66. The van der Waals surface area contributed by atoms with Gasteiger partial charge in [-0.05, 0) is 12.8 Å². The van der Waals surface area contributed by atoms with Crippen molar-refractivity contribution in [3.8, 4) is 0 Å². The van der Waals surface area contributed by atoms with Gasteiger partial charge in [0.25, 0.3) is 0 Å². The highest BCUT2D eigenvalue weighted by Gasteiger charge is 2.10. The van der Waals surface area contributed by atoms with E-state index in [4.69, 9.17) is 10.2 Å². The van der Waals surface area contributed by atoms with E-state index >= 15 is 0 Å². The Hall–Kier alpha value is -1.10. The zero-order chi connectivity index (χ0) is 11.3. The lowest BCUT2D eigenvalue weighted by atomic mass is 10.0. The van der Waals surface area contributed by atoms with Crippen LogP contribution in [0.4, 0.5) is 6.01 Å². The van der Waals surface area contributed by atoms with Crippen LogP contribution in [-0.4, -0.2) is 16.7 Å². The van der Waals surface area contributed by atoms with E-state index in [1.165, 1.54) is 0 Å². The van der Waals surface area contributed by atoms with Gasteiger partial charge >= 0.3 is 6.01 Å². The smallest absolute Gasteiger partial charge is 0.315 e. The molecule has 0 aliphatic heterocycles. The highest BCUT2D eigenvalue weighted by molar-refractivity contribution is 5.17. The summed E-state index contributed by atoms with van der Waals surface area (Å²) >= 11 is 0. The van der Waals surface area contributed by atoms with Gasteiger partial charge in [-0.3, -0.25) is 0 Å². The van der Waals surface area contributed by atoms with E-state index in [0.717, 1.165) is 19.4 Å². The van der Waals surface area contributed by atoms with Crippen molar-refractivity contribution < 1.29 is 4.42 Å². The molecule has 1 heterocycles. The maximum Gasteiger partial charge on any atom is 0.315 e. The molecular weight excluding hydrogens is 192 g/mol. The van der Waals surface area contributed by atoms with Crippen LogP contribution >= 0.6 is 0 Å². The van der Waals surface area contributed by atoms with Gasteiger partial charge in [0.15, 0.2) is 0 Å². The largest absolute Gasteiger partial charge is 0.406 e. The van der Waals surface area contributed by atoms with Crippen LogP contribution in [0.15, 0.2) is 4.42 Å². The fraction of sp³-hybridized carbons (Fsp3) is 0.800. The minimum atomic E-state index is -0.207. The zero-order valence-electron chi connectivity index (χ0n) is 9.66. The van der Waals surface area contributed by atoms with Crippen molar-refractivity contribution in [3.63, 3.8) is 0 Å². The molecule has 1 aromatic heterocycles. The fourth-order valence-electron chi connectivity index (χ4n) is 1.30. The molecule has 1 atom stereocenters. The van der Waals surface area contributed by atoms with Gasteiger partial charge in [-0.1, -0.05) is 31.8 Å². The standard InChI is InChI=1S/C10H20N4O/c1-4-8(5-2)6-12-10-14-13-9(15-10)7(3)11/h7-8H,4-6,11H2,1-3H3,(H,12,14). The number of hydrogen-bond acceptors (Lipinski definition) is 5. The first-order valence-corrected chi connectivity index (χ1v) is 5.50. The summed E-state index contributed by atoms with van der Waals surface area (Å²) in [6, 6.07) is 0.260. The second-order valence-corrected chi connectivity index (χ2v) is 3.80. The van der Waals surface area contributed by atoms with Crippen LogP contribution in [0.3, 0.4) is 0 Å². The number of rotatable bonds is 6. The lowest BCUT2D eigenvalue weighted by molar-refractivity contribution is 0.461. The van der Waals surface area contributed by atoms with E-state index in [1.54, 1.807) is 0 Å². The molecule has 0 bridgehead atoms. The molecular formula is C10H20N4O. The average Bonchev–Trinajstić information content (AvgIpc) is 2.68. The van der Waals surface area contributed by atoms with Crippen LogP contribution in [0.25, 0.3) is 0 Å². The number of aromatic nitrogens is 2. The minimum absolute atomic E-state index is 0.207. The summed E-state index contributed by atoms with van der Waals surface area (Å²) in [5, 5.41) is 10.8. The van der Waals surface area contributed by atoms with Gasteiger partial charge in [-0.15, -0.1) is 5.10 Å². The SMILES string of the molecule is CCC(CC)CNc1nnc(C(C)N)o1. The third kappa shape index (κ3) is 3.51. The minimum Gasteiger partial charge on any atom is -0.406 e. The molecule has 0 spiro atoms. The Labute approximate surface area is 90.4 Å². The molecule has 3 N–H and O–H groups in total. The van der Waals surface area contributed by atoms with Gasteiger partial charge in [0.2, 0.25) is 5.89 Å². The Morgan fingerprint density at radius 1 is 1.33 bits per heavy atom. The molecule has 1 rings (SSSR count).